The average molecular weight is 303 g/mol. The highest BCUT2D eigenvalue weighted by atomic mass is 16.3. The van der Waals surface area contributed by atoms with E-state index in [0.29, 0.717) is 24.8 Å². The number of hydrogen-bond acceptors (Lipinski definition) is 4. The summed E-state index contributed by atoms with van der Waals surface area (Å²) in [5.41, 5.74) is 5.63. The predicted molar refractivity (Wildman–Crippen MR) is 80.4 cm³/mol. The molecular formula is C17H25N3O2. The highest BCUT2D eigenvalue weighted by Crippen LogP contribution is 2.62. The molecule has 5 aliphatic rings. The van der Waals surface area contributed by atoms with Crippen molar-refractivity contribution >= 4 is 5.91 Å². The van der Waals surface area contributed by atoms with E-state index in [4.69, 9.17) is 5.73 Å². The number of aliphatic hydroxyl groups is 1. The Hall–Kier alpha value is -1.12. The van der Waals surface area contributed by atoms with Crippen LogP contribution in [0.2, 0.25) is 0 Å². The molecule has 1 aliphatic heterocycles. The van der Waals surface area contributed by atoms with Gasteiger partial charge in [-0.25, -0.2) is 0 Å². The molecule has 1 amide bonds. The van der Waals surface area contributed by atoms with E-state index in [0.717, 1.165) is 38.5 Å². The number of rotatable bonds is 2. The Labute approximate surface area is 131 Å². The summed E-state index contributed by atoms with van der Waals surface area (Å²) >= 11 is 0. The number of nitriles is 1. The van der Waals surface area contributed by atoms with Gasteiger partial charge in [0.25, 0.3) is 0 Å². The molecule has 0 spiro atoms. The fraction of sp³-hybridized carbons (Fsp3) is 0.882. The zero-order valence-corrected chi connectivity index (χ0v) is 13.0. The van der Waals surface area contributed by atoms with Gasteiger partial charge in [0.15, 0.2) is 0 Å². The lowest BCUT2D eigenvalue weighted by Crippen LogP contribution is -2.64. The Kier molecular flexibility index (Phi) is 3.08. The molecule has 3 N–H and O–H groups in total. The molecule has 0 radical (unpaired) electrons. The monoisotopic (exact) mass is 303 g/mol. The van der Waals surface area contributed by atoms with E-state index in [1.807, 2.05) is 0 Å². The third-order valence-corrected chi connectivity index (χ3v) is 6.69. The van der Waals surface area contributed by atoms with Gasteiger partial charge in [-0.1, -0.05) is 0 Å². The van der Waals surface area contributed by atoms with Crippen molar-refractivity contribution in [2.24, 2.45) is 23.0 Å². The summed E-state index contributed by atoms with van der Waals surface area (Å²) < 4.78 is 0. The van der Waals surface area contributed by atoms with E-state index in [1.165, 1.54) is 6.42 Å². The lowest BCUT2D eigenvalue weighted by atomic mass is 9.46. The van der Waals surface area contributed by atoms with Crippen molar-refractivity contribution in [1.29, 1.82) is 5.26 Å². The molecule has 0 aromatic rings. The van der Waals surface area contributed by atoms with Gasteiger partial charge in [-0.3, -0.25) is 4.79 Å². The van der Waals surface area contributed by atoms with Gasteiger partial charge in [0, 0.05) is 6.54 Å². The molecule has 0 aromatic carbocycles. The summed E-state index contributed by atoms with van der Waals surface area (Å²) in [5.74, 6) is 0.987. The molecule has 5 fully saturated rings. The summed E-state index contributed by atoms with van der Waals surface area (Å²) in [4.78, 5) is 14.6. The van der Waals surface area contributed by atoms with Crippen molar-refractivity contribution < 1.29 is 9.90 Å². The first-order valence-electron chi connectivity index (χ1n) is 8.63. The second kappa shape index (κ2) is 4.69. The van der Waals surface area contributed by atoms with Crippen LogP contribution < -0.4 is 5.73 Å². The molecule has 5 heteroatoms. The maximum absolute atomic E-state index is 12.9. The summed E-state index contributed by atoms with van der Waals surface area (Å²) in [6.07, 6.45) is 7.23. The summed E-state index contributed by atoms with van der Waals surface area (Å²) in [7, 11) is 0. The zero-order chi connectivity index (χ0) is 15.5. The van der Waals surface area contributed by atoms with Gasteiger partial charge in [-0.05, 0) is 68.6 Å². The molecule has 0 aromatic heterocycles. The number of likely N-dealkylation sites (tertiary alicyclic amines) is 1. The van der Waals surface area contributed by atoms with E-state index in [2.05, 4.69) is 6.07 Å². The molecule has 1 saturated heterocycles. The van der Waals surface area contributed by atoms with Gasteiger partial charge in [0.05, 0.1) is 17.7 Å². The van der Waals surface area contributed by atoms with Gasteiger partial charge >= 0.3 is 0 Å². The standard InChI is InChI=1S/C17H25N3O2/c18-9-13-2-1-3-20(13)15(21)14(19)16-5-11-4-12(6-16)8-17(22,7-11)10-16/h11-14,22H,1-8,10,19H2/t11-,12+,13-,14+,16?,17?/m0/s1. The van der Waals surface area contributed by atoms with Crippen LogP contribution in [0, 0.1) is 28.6 Å². The molecule has 4 bridgehead atoms. The molecule has 120 valence electrons. The number of hydrogen-bond donors (Lipinski definition) is 2. The predicted octanol–water partition coefficient (Wildman–Crippen LogP) is 1.16. The molecule has 1 heterocycles. The van der Waals surface area contributed by atoms with Crippen LogP contribution in [0.5, 0.6) is 0 Å². The lowest BCUT2D eigenvalue weighted by Gasteiger charge is -2.61. The van der Waals surface area contributed by atoms with Crippen molar-refractivity contribution in [3.8, 4) is 6.07 Å². The van der Waals surface area contributed by atoms with Gasteiger partial charge in [0.2, 0.25) is 5.91 Å². The number of nitrogens with two attached hydrogens (primary N) is 1. The Balaban J connectivity index is 1.59. The summed E-state index contributed by atoms with van der Waals surface area (Å²) in [6.45, 7) is 0.651. The van der Waals surface area contributed by atoms with Gasteiger partial charge in [-0.2, -0.15) is 5.26 Å². The van der Waals surface area contributed by atoms with Crippen LogP contribution in [-0.4, -0.2) is 40.1 Å². The second-order valence-corrected chi connectivity index (χ2v) is 8.34. The Bertz CT molecular complexity index is 527. The Morgan fingerprint density at radius 2 is 2.00 bits per heavy atom. The molecule has 5 nitrogen and oxygen atoms in total. The van der Waals surface area contributed by atoms with Gasteiger partial charge < -0.3 is 15.7 Å². The second-order valence-electron chi connectivity index (χ2n) is 8.34. The maximum Gasteiger partial charge on any atom is 0.241 e. The third-order valence-electron chi connectivity index (χ3n) is 6.69. The van der Waals surface area contributed by atoms with Crippen molar-refractivity contribution in [2.45, 2.75) is 69.1 Å². The van der Waals surface area contributed by atoms with Crippen LogP contribution in [0.15, 0.2) is 0 Å². The van der Waals surface area contributed by atoms with Crippen molar-refractivity contribution in [3.63, 3.8) is 0 Å². The van der Waals surface area contributed by atoms with E-state index >= 15 is 0 Å². The molecule has 22 heavy (non-hydrogen) atoms. The minimum atomic E-state index is -0.596. The number of carbonyl (C=O) groups excluding carboxylic acids is 1. The van der Waals surface area contributed by atoms with E-state index in [-0.39, 0.29) is 17.4 Å². The molecule has 6 atom stereocenters. The molecule has 4 saturated carbocycles. The van der Waals surface area contributed by atoms with E-state index in [1.54, 1.807) is 4.90 Å². The first-order valence-corrected chi connectivity index (χ1v) is 8.63. The fourth-order valence-electron chi connectivity index (χ4n) is 6.25. The number of nitrogens with zero attached hydrogens (tertiary/aromatic N) is 2. The molecule has 2 unspecified atom stereocenters. The largest absolute Gasteiger partial charge is 0.390 e. The normalized spacial score (nSPS) is 47.5. The molecule has 4 aliphatic carbocycles. The van der Waals surface area contributed by atoms with Crippen molar-refractivity contribution in [3.05, 3.63) is 0 Å². The van der Waals surface area contributed by atoms with Crippen LogP contribution in [0.3, 0.4) is 0 Å². The van der Waals surface area contributed by atoms with Gasteiger partial charge in [-0.15, -0.1) is 0 Å². The average Bonchev–Trinajstić information content (AvgIpc) is 2.91. The maximum atomic E-state index is 12.9. The van der Waals surface area contributed by atoms with E-state index in [9.17, 15) is 15.2 Å². The summed E-state index contributed by atoms with van der Waals surface area (Å²) in [5, 5.41) is 20.0. The first-order chi connectivity index (χ1) is 10.4. The van der Waals surface area contributed by atoms with E-state index < -0.39 is 11.6 Å². The van der Waals surface area contributed by atoms with Crippen molar-refractivity contribution in [1.82, 2.24) is 4.90 Å². The zero-order valence-electron chi connectivity index (χ0n) is 13.0. The smallest absolute Gasteiger partial charge is 0.241 e. The fourth-order valence-corrected chi connectivity index (χ4v) is 6.25. The van der Waals surface area contributed by atoms with Crippen LogP contribution in [-0.2, 0) is 4.79 Å². The van der Waals surface area contributed by atoms with Crippen LogP contribution in [0.25, 0.3) is 0 Å². The quantitative estimate of drug-likeness (QED) is 0.801. The van der Waals surface area contributed by atoms with Crippen molar-refractivity contribution in [2.75, 3.05) is 6.54 Å². The minimum absolute atomic E-state index is 0.0606. The Morgan fingerprint density at radius 3 is 2.59 bits per heavy atom. The number of amides is 1. The lowest BCUT2D eigenvalue weighted by molar-refractivity contribution is -0.177. The molecular weight excluding hydrogens is 278 g/mol. The highest BCUT2D eigenvalue weighted by Gasteiger charge is 2.60. The SMILES string of the molecule is N#C[C@@H]1CCCN1C(=O)[C@@H](N)C12C[C@@H]3C[C@@H](CC(O)(C3)C1)C2. The highest BCUT2D eigenvalue weighted by molar-refractivity contribution is 5.83. The van der Waals surface area contributed by atoms with Gasteiger partial charge in [0.1, 0.15) is 6.04 Å². The first kappa shape index (κ1) is 14.5. The van der Waals surface area contributed by atoms with Crippen LogP contribution in [0.1, 0.15) is 51.4 Å². The van der Waals surface area contributed by atoms with Crippen LogP contribution >= 0.6 is 0 Å². The summed E-state index contributed by atoms with van der Waals surface area (Å²) in [6, 6.07) is 1.36. The minimum Gasteiger partial charge on any atom is -0.390 e. The Morgan fingerprint density at radius 1 is 1.32 bits per heavy atom. The topological polar surface area (TPSA) is 90.4 Å². The van der Waals surface area contributed by atoms with Crippen LogP contribution in [0.4, 0.5) is 0 Å². The molecule has 5 rings (SSSR count). The number of carbonyl (C=O) groups is 1. The third kappa shape index (κ3) is 2.00.